The first-order chi connectivity index (χ1) is 20.9. The summed E-state index contributed by atoms with van der Waals surface area (Å²) in [4.78, 5) is 30.2. The van der Waals surface area contributed by atoms with Gasteiger partial charge in [0.15, 0.2) is 0 Å². The fraction of sp³-hybridized carbons (Fsp3) is 0.765. The number of nitrogens with one attached hydrogen (secondary N) is 1. The first-order valence-electron chi connectivity index (χ1n) is 16.8. The molecular formula is C34H58BrN3O5Si. The van der Waals surface area contributed by atoms with E-state index in [0.29, 0.717) is 45.2 Å². The van der Waals surface area contributed by atoms with Gasteiger partial charge >= 0.3 is 12.1 Å². The summed E-state index contributed by atoms with van der Waals surface area (Å²) in [6.45, 7) is 9.49. The van der Waals surface area contributed by atoms with Crippen LogP contribution in [0.3, 0.4) is 0 Å². The van der Waals surface area contributed by atoms with Gasteiger partial charge in [0.05, 0.1) is 12.2 Å². The molecule has 10 heteroatoms. The number of carbonyl (C=O) groups excluding carboxylic acids is 2. The highest BCUT2D eigenvalue weighted by Gasteiger charge is 2.41. The zero-order valence-corrected chi connectivity index (χ0v) is 30.5. The highest BCUT2D eigenvalue weighted by atomic mass is 79.9. The average Bonchev–Trinajstić information content (AvgIpc) is 2.99. The SMILES string of the molecule is COCCCC[C@@](O)(c1cccc(Br)c1)[C@@H]1CCCN(C(=O)N[C@@H](CC2CCCCC2)CN(C)C(=O)OCC[Si](C)(C)C)C1. The Kier molecular flexibility index (Phi) is 15.0. The lowest BCUT2D eigenvalue weighted by molar-refractivity contribution is -0.0564. The van der Waals surface area contributed by atoms with Crippen LogP contribution in [-0.4, -0.2) is 88.2 Å². The minimum absolute atomic E-state index is 0.0837. The molecule has 3 rings (SSSR count). The predicted octanol–water partition coefficient (Wildman–Crippen LogP) is 7.62. The number of halogens is 1. The van der Waals surface area contributed by atoms with Crippen molar-refractivity contribution in [3.8, 4) is 0 Å². The number of carbonyl (C=O) groups is 2. The van der Waals surface area contributed by atoms with Crippen LogP contribution in [0, 0.1) is 11.8 Å². The number of methoxy groups -OCH3 is 1. The number of benzene rings is 1. The van der Waals surface area contributed by atoms with E-state index in [9.17, 15) is 14.7 Å². The van der Waals surface area contributed by atoms with E-state index >= 15 is 0 Å². The number of aliphatic hydroxyl groups is 1. The van der Waals surface area contributed by atoms with Crippen molar-refractivity contribution in [2.45, 2.75) is 108 Å². The first-order valence-corrected chi connectivity index (χ1v) is 21.3. The molecule has 1 aliphatic heterocycles. The Morgan fingerprint density at radius 3 is 2.57 bits per heavy atom. The Morgan fingerprint density at radius 1 is 1.14 bits per heavy atom. The van der Waals surface area contributed by atoms with Crippen LogP contribution >= 0.6 is 15.9 Å². The number of nitrogens with zero attached hydrogens (tertiary/aromatic N) is 2. The Morgan fingerprint density at radius 2 is 1.89 bits per heavy atom. The van der Waals surface area contributed by atoms with Crippen molar-refractivity contribution in [3.63, 3.8) is 0 Å². The van der Waals surface area contributed by atoms with Crippen molar-refractivity contribution in [1.29, 1.82) is 0 Å². The number of likely N-dealkylation sites (tertiary alicyclic amines) is 1. The molecule has 44 heavy (non-hydrogen) atoms. The number of rotatable bonds is 15. The van der Waals surface area contributed by atoms with Crippen LogP contribution in [0.25, 0.3) is 0 Å². The fourth-order valence-electron chi connectivity index (χ4n) is 6.76. The third-order valence-corrected chi connectivity index (χ3v) is 11.6. The Bertz CT molecular complexity index is 1030. The van der Waals surface area contributed by atoms with Crippen molar-refractivity contribution >= 4 is 36.1 Å². The topological polar surface area (TPSA) is 91.3 Å². The second-order valence-corrected chi connectivity index (χ2v) is 20.9. The van der Waals surface area contributed by atoms with Crippen LogP contribution in [0.5, 0.6) is 0 Å². The minimum atomic E-state index is -1.30. The second kappa shape index (κ2) is 17.9. The summed E-state index contributed by atoms with van der Waals surface area (Å²) in [7, 11) is 2.18. The van der Waals surface area contributed by atoms with Gasteiger partial charge in [0.25, 0.3) is 0 Å². The van der Waals surface area contributed by atoms with Crippen LogP contribution < -0.4 is 5.32 Å². The number of piperidine rings is 1. The number of urea groups is 1. The van der Waals surface area contributed by atoms with Crippen molar-refractivity contribution in [1.82, 2.24) is 15.1 Å². The molecule has 8 nitrogen and oxygen atoms in total. The Balaban J connectivity index is 1.69. The maximum Gasteiger partial charge on any atom is 0.409 e. The van der Waals surface area contributed by atoms with Gasteiger partial charge in [-0.05, 0) is 68.2 Å². The lowest BCUT2D eigenvalue weighted by Crippen LogP contribution is -2.54. The molecule has 2 N–H and O–H groups in total. The zero-order valence-electron chi connectivity index (χ0n) is 27.9. The Labute approximate surface area is 275 Å². The van der Waals surface area contributed by atoms with Crippen molar-refractivity contribution in [2.24, 2.45) is 11.8 Å². The molecule has 0 unspecified atom stereocenters. The summed E-state index contributed by atoms with van der Waals surface area (Å²) < 4.78 is 11.8. The molecule has 0 aromatic heterocycles. The molecule has 1 saturated heterocycles. The largest absolute Gasteiger partial charge is 0.450 e. The van der Waals surface area contributed by atoms with Gasteiger partial charge in [-0.25, -0.2) is 9.59 Å². The lowest BCUT2D eigenvalue weighted by atomic mass is 9.74. The van der Waals surface area contributed by atoms with Gasteiger partial charge in [-0.3, -0.25) is 0 Å². The van der Waals surface area contributed by atoms with E-state index in [1.54, 1.807) is 19.1 Å². The summed E-state index contributed by atoms with van der Waals surface area (Å²) in [5, 5.41) is 15.6. The third-order valence-electron chi connectivity index (χ3n) is 9.42. The van der Waals surface area contributed by atoms with Crippen molar-refractivity contribution in [3.05, 3.63) is 34.3 Å². The van der Waals surface area contributed by atoms with Crippen LogP contribution in [0.1, 0.15) is 76.2 Å². The molecule has 1 aliphatic carbocycles. The quantitative estimate of drug-likeness (QED) is 0.146. The summed E-state index contributed by atoms with van der Waals surface area (Å²) in [5.74, 6) is 0.466. The van der Waals surface area contributed by atoms with E-state index in [1.165, 1.54) is 32.1 Å². The number of hydrogen-bond acceptors (Lipinski definition) is 5. The maximum atomic E-state index is 13.8. The average molecular weight is 697 g/mol. The van der Waals surface area contributed by atoms with Gasteiger partial charge in [0, 0.05) is 64.9 Å². The number of likely N-dealkylation sites (N-methyl/N-ethyl adjacent to an activating group) is 1. The van der Waals surface area contributed by atoms with Gasteiger partial charge in [0.2, 0.25) is 0 Å². The monoisotopic (exact) mass is 695 g/mol. The number of ether oxygens (including phenoxy) is 2. The lowest BCUT2D eigenvalue weighted by Gasteiger charge is -2.43. The first kappa shape index (κ1) is 36.8. The van der Waals surface area contributed by atoms with Crippen LogP contribution in [0.2, 0.25) is 25.7 Å². The van der Waals surface area contributed by atoms with Gasteiger partial charge in [-0.15, -0.1) is 0 Å². The molecule has 1 aromatic carbocycles. The molecule has 250 valence electrons. The van der Waals surface area contributed by atoms with E-state index in [0.717, 1.165) is 48.2 Å². The summed E-state index contributed by atoms with van der Waals surface area (Å²) in [5.41, 5.74) is -0.154. The molecule has 2 fully saturated rings. The summed E-state index contributed by atoms with van der Waals surface area (Å²) in [6, 6.07) is 8.62. The number of hydrogen-bond donors (Lipinski definition) is 2. The fourth-order valence-corrected chi connectivity index (χ4v) is 7.88. The minimum Gasteiger partial charge on any atom is -0.450 e. The summed E-state index contributed by atoms with van der Waals surface area (Å²) in [6.07, 6.45) is 10.6. The highest BCUT2D eigenvalue weighted by molar-refractivity contribution is 9.10. The van der Waals surface area contributed by atoms with E-state index in [4.69, 9.17) is 9.47 Å². The molecular weight excluding hydrogens is 638 g/mol. The number of amides is 3. The third kappa shape index (κ3) is 12.0. The summed E-state index contributed by atoms with van der Waals surface area (Å²) >= 11 is 3.59. The van der Waals surface area contributed by atoms with E-state index in [1.807, 2.05) is 29.2 Å². The van der Waals surface area contributed by atoms with Gasteiger partial charge in [-0.1, -0.05) is 79.8 Å². The second-order valence-electron chi connectivity index (χ2n) is 14.4. The van der Waals surface area contributed by atoms with E-state index in [-0.39, 0.29) is 24.1 Å². The molecule has 3 amide bonds. The molecule has 0 spiro atoms. The zero-order chi connectivity index (χ0) is 32.2. The normalized spacial score (nSPS) is 20.1. The smallest absolute Gasteiger partial charge is 0.409 e. The molecule has 1 heterocycles. The molecule has 3 atom stereocenters. The number of unbranched alkanes of at least 4 members (excludes halogenated alkanes) is 1. The highest BCUT2D eigenvalue weighted by Crippen LogP contribution is 2.40. The van der Waals surface area contributed by atoms with Crippen molar-refractivity contribution in [2.75, 3.05) is 47.0 Å². The maximum absolute atomic E-state index is 13.8. The van der Waals surface area contributed by atoms with Gasteiger partial charge in [0.1, 0.15) is 0 Å². The predicted molar refractivity (Wildman–Crippen MR) is 184 cm³/mol. The Hall–Kier alpha value is -1.62. The molecule has 2 aliphatic rings. The van der Waals surface area contributed by atoms with Crippen molar-refractivity contribution < 1.29 is 24.2 Å². The van der Waals surface area contributed by atoms with E-state index < -0.39 is 13.7 Å². The van der Waals surface area contributed by atoms with Crippen LogP contribution in [0.15, 0.2) is 28.7 Å². The molecule has 0 radical (unpaired) electrons. The molecule has 1 saturated carbocycles. The van der Waals surface area contributed by atoms with Gasteiger partial charge < -0.3 is 29.7 Å². The van der Waals surface area contributed by atoms with E-state index in [2.05, 4.69) is 40.9 Å². The standard InChI is InChI=1S/C34H58BrN3O5Si/c1-37(33(40)43-21-22-44(3,4)5)26-31(23-27-13-7-6-8-14-27)36-32(39)38-19-12-16-29(25-38)34(41,18-9-10-20-42-2)28-15-11-17-30(35)24-28/h11,15,17,24,27,29,31,41H,6-10,12-14,16,18-23,25-26H2,1-5H3,(H,36,39)/t29-,31+,34-/m1/s1. The molecule has 0 bridgehead atoms. The van der Waals surface area contributed by atoms with Crippen LogP contribution in [-0.2, 0) is 15.1 Å². The van der Waals surface area contributed by atoms with Crippen LogP contribution in [0.4, 0.5) is 9.59 Å². The molecule has 1 aromatic rings. The van der Waals surface area contributed by atoms with Gasteiger partial charge in [-0.2, -0.15) is 0 Å².